The summed E-state index contributed by atoms with van der Waals surface area (Å²) in [7, 11) is 1.78. The number of benzene rings is 1. The molecule has 5 heteroatoms. The largest absolute Gasteiger partial charge is 0.383 e. The predicted octanol–water partition coefficient (Wildman–Crippen LogP) is 2.77. The third-order valence-corrected chi connectivity index (χ3v) is 2.78. The molecule has 0 unspecified atom stereocenters. The number of nitrogens with two attached hydrogens (primary N) is 1. The Balaban J connectivity index is 2.67. The van der Waals surface area contributed by atoms with E-state index in [1.165, 1.54) is 18.2 Å². The quantitative estimate of drug-likeness (QED) is 0.832. The molecular formula is C11H11ClFN3. The van der Waals surface area contributed by atoms with Crippen molar-refractivity contribution in [3.63, 3.8) is 0 Å². The number of nitrogens with zero attached hydrogens (tertiary/aromatic N) is 2. The second kappa shape index (κ2) is 3.79. The van der Waals surface area contributed by atoms with Gasteiger partial charge in [0.2, 0.25) is 0 Å². The molecule has 0 amide bonds. The van der Waals surface area contributed by atoms with Crippen LogP contribution in [0.25, 0.3) is 11.3 Å². The van der Waals surface area contributed by atoms with E-state index in [4.69, 9.17) is 17.3 Å². The molecule has 2 rings (SSSR count). The van der Waals surface area contributed by atoms with Crippen LogP contribution in [0.4, 0.5) is 10.2 Å². The number of anilines is 1. The molecule has 0 radical (unpaired) electrons. The molecule has 0 aliphatic rings. The third kappa shape index (κ3) is 1.65. The number of imidazole rings is 1. The van der Waals surface area contributed by atoms with Gasteiger partial charge in [-0.1, -0.05) is 11.6 Å². The number of rotatable bonds is 1. The molecule has 2 N–H and O–H groups in total. The lowest BCUT2D eigenvalue weighted by Gasteiger charge is -2.02. The fraction of sp³-hybridized carbons (Fsp3) is 0.182. The molecule has 1 aromatic carbocycles. The first kappa shape index (κ1) is 11.0. The van der Waals surface area contributed by atoms with Gasteiger partial charge in [-0.25, -0.2) is 9.37 Å². The first-order valence-corrected chi connectivity index (χ1v) is 5.12. The van der Waals surface area contributed by atoms with Gasteiger partial charge in [-0.3, -0.25) is 0 Å². The lowest BCUT2D eigenvalue weighted by molar-refractivity contribution is 0.631. The van der Waals surface area contributed by atoms with Crippen LogP contribution >= 0.6 is 11.6 Å². The van der Waals surface area contributed by atoms with Gasteiger partial charge in [0.1, 0.15) is 23.2 Å². The topological polar surface area (TPSA) is 43.8 Å². The maximum absolute atomic E-state index is 13.6. The molecule has 0 spiro atoms. The van der Waals surface area contributed by atoms with Crippen molar-refractivity contribution in [2.75, 3.05) is 5.73 Å². The van der Waals surface area contributed by atoms with Crippen molar-refractivity contribution in [2.24, 2.45) is 7.05 Å². The summed E-state index contributed by atoms with van der Waals surface area (Å²) >= 11 is 5.82. The molecule has 1 aromatic heterocycles. The summed E-state index contributed by atoms with van der Waals surface area (Å²) in [5, 5.41) is 0.458. The smallest absolute Gasteiger partial charge is 0.132 e. The molecule has 0 fully saturated rings. The Labute approximate surface area is 97.7 Å². The van der Waals surface area contributed by atoms with Crippen LogP contribution in [0.1, 0.15) is 5.82 Å². The van der Waals surface area contributed by atoms with Crippen molar-refractivity contribution < 1.29 is 4.39 Å². The minimum absolute atomic E-state index is 0.328. The van der Waals surface area contributed by atoms with Crippen molar-refractivity contribution >= 4 is 17.4 Å². The van der Waals surface area contributed by atoms with Gasteiger partial charge in [-0.05, 0) is 25.1 Å². The molecule has 0 saturated heterocycles. The van der Waals surface area contributed by atoms with Crippen molar-refractivity contribution in [2.45, 2.75) is 6.92 Å². The second-order valence-electron chi connectivity index (χ2n) is 3.58. The van der Waals surface area contributed by atoms with Crippen molar-refractivity contribution in [1.29, 1.82) is 0 Å². The normalized spacial score (nSPS) is 10.8. The Kier molecular flexibility index (Phi) is 2.59. The molecular weight excluding hydrogens is 229 g/mol. The van der Waals surface area contributed by atoms with E-state index >= 15 is 0 Å². The zero-order valence-electron chi connectivity index (χ0n) is 8.96. The Morgan fingerprint density at radius 2 is 2.12 bits per heavy atom. The van der Waals surface area contributed by atoms with Gasteiger partial charge >= 0.3 is 0 Å². The van der Waals surface area contributed by atoms with Crippen LogP contribution < -0.4 is 5.73 Å². The number of hydrogen-bond acceptors (Lipinski definition) is 2. The van der Waals surface area contributed by atoms with Crippen LogP contribution in [0.3, 0.4) is 0 Å². The lowest BCUT2D eigenvalue weighted by Crippen LogP contribution is -1.98. The van der Waals surface area contributed by atoms with Gasteiger partial charge < -0.3 is 10.3 Å². The molecule has 0 bridgehead atoms. The molecule has 1 heterocycles. The van der Waals surface area contributed by atoms with E-state index in [9.17, 15) is 4.39 Å². The fourth-order valence-electron chi connectivity index (χ4n) is 1.50. The van der Waals surface area contributed by atoms with Gasteiger partial charge in [0.05, 0.1) is 0 Å². The number of nitrogen functional groups attached to an aromatic ring is 1. The van der Waals surface area contributed by atoms with Crippen molar-refractivity contribution in [1.82, 2.24) is 9.55 Å². The van der Waals surface area contributed by atoms with Gasteiger partial charge in [0.15, 0.2) is 0 Å². The van der Waals surface area contributed by atoms with Gasteiger partial charge in [0, 0.05) is 17.6 Å². The van der Waals surface area contributed by atoms with Gasteiger partial charge in [0.25, 0.3) is 0 Å². The zero-order valence-corrected chi connectivity index (χ0v) is 9.72. The van der Waals surface area contributed by atoms with Crippen LogP contribution in [0.2, 0.25) is 5.02 Å². The minimum Gasteiger partial charge on any atom is -0.383 e. The lowest BCUT2D eigenvalue weighted by atomic mass is 10.1. The summed E-state index contributed by atoms with van der Waals surface area (Å²) in [6.45, 7) is 1.81. The van der Waals surface area contributed by atoms with E-state index in [1.54, 1.807) is 11.6 Å². The maximum Gasteiger partial charge on any atom is 0.132 e. The van der Waals surface area contributed by atoms with E-state index in [2.05, 4.69) is 4.98 Å². The summed E-state index contributed by atoms with van der Waals surface area (Å²) in [6, 6.07) is 4.32. The SMILES string of the molecule is Cc1nc(-c2cc(Cl)ccc2F)c(N)n1C. The number of aryl methyl sites for hydroxylation is 1. The highest BCUT2D eigenvalue weighted by Crippen LogP contribution is 2.29. The van der Waals surface area contributed by atoms with E-state index in [0.717, 1.165) is 5.82 Å². The number of halogens is 2. The molecule has 0 saturated carbocycles. The summed E-state index contributed by atoms with van der Waals surface area (Å²) in [6.07, 6.45) is 0. The molecule has 0 aliphatic heterocycles. The summed E-state index contributed by atoms with van der Waals surface area (Å²) in [5.41, 5.74) is 6.60. The summed E-state index contributed by atoms with van der Waals surface area (Å²) in [4.78, 5) is 4.22. The Morgan fingerprint density at radius 3 is 2.69 bits per heavy atom. The highest BCUT2D eigenvalue weighted by Gasteiger charge is 2.15. The molecule has 2 aromatic rings. The summed E-state index contributed by atoms with van der Waals surface area (Å²) < 4.78 is 15.3. The van der Waals surface area contributed by atoms with Crippen molar-refractivity contribution in [3.8, 4) is 11.3 Å². The average Bonchev–Trinajstić information content (AvgIpc) is 2.50. The third-order valence-electron chi connectivity index (χ3n) is 2.55. The van der Waals surface area contributed by atoms with Gasteiger partial charge in [-0.15, -0.1) is 0 Å². The average molecular weight is 240 g/mol. The molecule has 3 nitrogen and oxygen atoms in total. The van der Waals surface area contributed by atoms with Crippen LogP contribution in [-0.4, -0.2) is 9.55 Å². The Morgan fingerprint density at radius 1 is 1.44 bits per heavy atom. The van der Waals surface area contributed by atoms with Crippen LogP contribution in [0.15, 0.2) is 18.2 Å². The first-order chi connectivity index (χ1) is 7.50. The molecule has 0 aliphatic carbocycles. The predicted molar refractivity (Wildman–Crippen MR) is 62.8 cm³/mol. The highest BCUT2D eigenvalue weighted by molar-refractivity contribution is 6.30. The maximum atomic E-state index is 13.6. The van der Waals surface area contributed by atoms with E-state index in [-0.39, 0.29) is 5.82 Å². The van der Waals surface area contributed by atoms with E-state index < -0.39 is 0 Å². The van der Waals surface area contributed by atoms with Gasteiger partial charge in [-0.2, -0.15) is 0 Å². The highest BCUT2D eigenvalue weighted by atomic mass is 35.5. The van der Waals surface area contributed by atoms with Crippen LogP contribution in [0.5, 0.6) is 0 Å². The zero-order chi connectivity index (χ0) is 11.9. The molecule has 0 atom stereocenters. The summed E-state index contributed by atoms with van der Waals surface area (Å²) in [5.74, 6) is 0.778. The van der Waals surface area contributed by atoms with E-state index in [1.807, 2.05) is 6.92 Å². The Bertz CT molecular complexity index is 548. The second-order valence-corrected chi connectivity index (χ2v) is 4.01. The first-order valence-electron chi connectivity index (χ1n) is 4.75. The Hall–Kier alpha value is -1.55. The molecule has 84 valence electrons. The number of hydrogen-bond donors (Lipinski definition) is 1. The standard InChI is InChI=1S/C11H11ClFN3/c1-6-15-10(11(14)16(6)2)8-5-7(12)3-4-9(8)13/h3-5H,14H2,1-2H3. The van der Waals surface area contributed by atoms with E-state index in [0.29, 0.717) is 22.1 Å². The number of aromatic nitrogens is 2. The molecule has 16 heavy (non-hydrogen) atoms. The minimum atomic E-state index is -0.380. The van der Waals surface area contributed by atoms with Crippen molar-refractivity contribution in [3.05, 3.63) is 34.9 Å². The monoisotopic (exact) mass is 239 g/mol. The fourth-order valence-corrected chi connectivity index (χ4v) is 1.68. The van der Waals surface area contributed by atoms with Crippen LogP contribution in [0, 0.1) is 12.7 Å². The van der Waals surface area contributed by atoms with Crippen LogP contribution in [-0.2, 0) is 7.05 Å².